The highest BCUT2D eigenvalue weighted by molar-refractivity contribution is 5.98. The van der Waals surface area contributed by atoms with Gasteiger partial charge in [0.25, 0.3) is 5.91 Å². The predicted octanol–water partition coefficient (Wildman–Crippen LogP) is 4.15. The summed E-state index contributed by atoms with van der Waals surface area (Å²) in [6, 6.07) is 14.8. The average Bonchev–Trinajstić information content (AvgIpc) is 3.11. The second kappa shape index (κ2) is 6.64. The van der Waals surface area contributed by atoms with Crippen molar-refractivity contribution in [2.75, 3.05) is 31.1 Å². The molecule has 0 spiro atoms. The van der Waals surface area contributed by atoms with Crippen LogP contribution in [0.25, 0.3) is 10.9 Å². The average molecular weight is 373 g/mol. The summed E-state index contributed by atoms with van der Waals surface area (Å²) in [5, 5.41) is 0.975. The van der Waals surface area contributed by atoms with Crippen molar-refractivity contribution in [1.29, 1.82) is 0 Å². The Kier molecular flexibility index (Phi) is 4.30. The van der Waals surface area contributed by atoms with Crippen LogP contribution in [0.5, 0.6) is 0 Å². The lowest BCUT2D eigenvalue weighted by atomic mass is 10.1. The van der Waals surface area contributed by atoms with Gasteiger partial charge >= 0.3 is 6.18 Å². The lowest BCUT2D eigenvalue weighted by Crippen LogP contribution is -2.48. The zero-order valence-electron chi connectivity index (χ0n) is 14.5. The van der Waals surface area contributed by atoms with Crippen molar-refractivity contribution < 1.29 is 18.0 Å². The fourth-order valence-electron chi connectivity index (χ4n) is 3.41. The van der Waals surface area contributed by atoms with E-state index < -0.39 is 11.7 Å². The number of carbonyl (C=O) groups is 1. The molecule has 0 unspecified atom stereocenters. The molecule has 3 aromatic rings. The van der Waals surface area contributed by atoms with Crippen molar-refractivity contribution in [3.8, 4) is 0 Å². The number of nitrogens with zero attached hydrogens (tertiary/aromatic N) is 2. The molecule has 0 atom stereocenters. The van der Waals surface area contributed by atoms with Crippen LogP contribution in [0.2, 0.25) is 0 Å². The quantitative estimate of drug-likeness (QED) is 0.733. The topological polar surface area (TPSA) is 39.3 Å². The third-order valence-electron chi connectivity index (χ3n) is 4.87. The number of rotatable bonds is 2. The Hall–Kier alpha value is -2.96. The first-order valence-corrected chi connectivity index (χ1v) is 8.71. The number of hydrogen-bond donors (Lipinski definition) is 1. The standard InChI is InChI=1S/C20H18F3N3O/c21-20(22,23)15-5-3-6-16(13-15)25-8-10-26(11-9-25)19(27)18-12-14-4-1-2-7-17(14)24-18/h1-7,12-13,24H,8-11H2. The lowest BCUT2D eigenvalue weighted by Gasteiger charge is -2.36. The van der Waals surface area contributed by atoms with Crippen molar-refractivity contribution in [3.63, 3.8) is 0 Å². The molecular formula is C20H18F3N3O. The van der Waals surface area contributed by atoms with Crippen LogP contribution in [0.15, 0.2) is 54.6 Å². The zero-order chi connectivity index (χ0) is 19.0. The zero-order valence-corrected chi connectivity index (χ0v) is 14.5. The van der Waals surface area contributed by atoms with Gasteiger partial charge in [-0.1, -0.05) is 24.3 Å². The third kappa shape index (κ3) is 3.49. The second-order valence-electron chi connectivity index (χ2n) is 6.60. The number of fused-ring (bicyclic) bond motifs is 1. The highest BCUT2D eigenvalue weighted by atomic mass is 19.4. The van der Waals surface area contributed by atoms with Gasteiger partial charge in [-0.3, -0.25) is 4.79 Å². The number of alkyl halides is 3. The van der Waals surface area contributed by atoms with E-state index in [1.54, 1.807) is 11.0 Å². The molecule has 7 heteroatoms. The SMILES string of the molecule is O=C(c1cc2ccccc2[nH]1)N1CCN(c2cccc(C(F)(F)F)c2)CC1. The molecule has 1 saturated heterocycles. The summed E-state index contributed by atoms with van der Waals surface area (Å²) >= 11 is 0. The maximum Gasteiger partial charge on any atom is 0.416 e. The minimum Gasteiger partial charge on any atom is -0.368 e. The Balaban J connectivity index is 1.45. The summed E-state index contributed by atoms with van der Waals surface area (Å²) in [6.07, 6.45) is -4.36. The maximum absolute atomic E-state index is 12.9. The van der Waals surface area contributed by atoms with E-state index in [0.29, 0.717) is 37.6 Å². The van der Waals surface area contributed by atoms with Gasteiger partial charge in [-0.2, -0.15) is 13.2 Å². The molecule has 1 amide bonds. The molecule has 4 nitrogen and oxygen atoms in total. The van der Waals surface area contributed by atoms with Crippen molar-refractivity contribution in [2.45, 2.75) is 6.18 Å². The number of halogens is 3. The van der Waals surface area contributed by atoms with E-state index in [2.05, 4.69) is 4.98 Å². The van der Waals surface area contributed by atoms with E-state index >= 15 is 0 Å². The summed E-state index contributed by atoms with van der Waals surface area (Å²) in [6.45, 7) is 1.91. The van der Waals surface area contributed by atoms with E-state index in [-0.39, 0.29) is 5.91 Å². The Morgan fingerprint density at radius 1 is 0.926 bits per heavy atom. The molecule has 1 aromatic heterocycles. The molecule has 140 valence electrons. The number of para-hydroxylation sites is 1. The van der Waals surface area contributed by atoms with Gasteiger partial charge in [-0.15, -0.1) is 0 Å². The Morgan fingerprint density at radius 2 is 1.67 bits per heavy atom. The van der Waals surface area contributed by atoms with Crippen LogP contribution in [0.1, 0.15) is 16.1 Å². The number of carbonyl (C=O) groups excluding carboxylic acids is 1. The van der Waals surface area contributed by atoms with Crippen LogP contribution in [0, 0.1) is 0 Å². The molecular weight excluding hydrogens is 355 g/mol. The monoisotopic (exact) mass is 373 g/mol. The van der Waals surface area contributed by atoms with Gasteiger partial charge in [0.1, 0.15) is 5.69 Å². The molecule has 0 aliphatic carbocycles. The number of piperazine rings is 1. The predicted molar refractivity (Wildman–Crippen MR) is 97.9 cm³/mol. The van der Waals surface area contributed by atoms with Crippen LogP contribution >= 0.6 is 0 Å². The molecule has 27 heavy (non-hydrogen) atoms. The highest BCUT2D eigenvalue weighted by Crippen LogP contribution is 2.32. The Labute approximate surface area is 154 Å². The molecule has 2 heterocycles. The summed E-state index contributed by atoms with van der Waals surface area (Å²) in [7, 11) is 0. The van der Waals surface area contributed by atoms with E-state index in [1.807, 2.05) is 35.2 Å². The first kappa shape index (κ1) is 17.5. The lowest BCUT2D eigenvalue weighted by molar-refractivity contribution is -0.137. The normalized spacial score (nSPS) is 15.4. The molecule has 1 fully saturated rings. The van der Waals surface area contributed by atoms with Gasteiger partial charge < -0.3 is 14.8 Å². The van der Waals surface area contributed by atoms with Crippen LogP contribution in [0.3, 0.4) is 0 Å². The number of hydrogen-bond acceptors (Lipinski definition) is 2. The van der Waals surface area contributed by atoms with Gasteiger partial charge in [-0.25, -0.2) is 0 Å². The van der Waals surface area contributed by atoms with Crippen LogP contribution in [0.4, 0.5) is 18.9 Å². The molecule has 1 aliphatic heterocycles. The molecule has 1 N–H and O–H groups in total. The summed E-state index contributed by atoms with van der Waals surface area (Å²) in [5.41, 5.74) is 1.31. The van der Waals surface area contributed by atoms with Gasteiger partial charge in [0.2, 0.25) is 0 Å². The third-order valence-corrected chi connectivity index (χ3v) is 4.87. The summed E-state index contributed by atoms with van der Waals surface area (Å²) in [5.74, 6) is -0.0881. The maximum atomic E-state index is 12.9. The molecule has 1 aliphatic rings. The fourth-order valence-corrected chi connectivity index (χ4v) is 3.41. The van der Waals surface area contributed by atoms with Crippen LogP contribution in [-0.2, 0) is 6.18 Å². The van der Waals surface area contributed by atoms with Crippen LogP contribution in [-0.4, -0.2) is 42.0 Å². The van der Waals surface area contributed by atoms with Crippen molar-refractivity contribution >= 4 is 22.5 Å². The number of benzene rings is 2. The molecule has 0 saturated carbocycles. The number of aromatic nitrogens is 1. The second-order valence-corrected chi connectivity index (χ2v) is 6.60. The summed E-state index contributed by atoms with van der Waals surface area (Å²) in [4.78, 5) is 19.5. The smallest absolute Gasteiger partial charge is 0.368 e. The van der Waals surface area contributed by atoms with E-state index in [0.717, 1.165) is 23.0 Å². The van der Waals surface area contributed by atoms with Gasteiger partial charge in [0.05, 0.1) is 5.56 Å². The van der Waals surface area contributed by atoms with E-state index in [4.69, 9.17) is 0 Å². The van der Waals surface area contributed by atoms with Crippen molar-refractivity contribution in [1.82, 2.24) is 9.88 Å². The fraction of sp³-hybridized carbons (Fsp3) is 0.250. The largest absolute Gasteiger partial charge is 0.416 e. The Morgan fingerprint density at radius 3 is 2.37 bits per heavy atom. The molecule has 4 rings (SSSR count). The van der Waals surface area contributed by atoms with Gasteiger partial charge in [0, 0.05) is 42.8 Å². The number of aromatic amines is 1. The van der Waals surface area contributed by atoms with Crippen molar-refractivity contribution in [2.24, 2.45) is 0 Å². The number of anilines is 1. The minimum atomic E-state index is -4.36. The first-order valence-electron chi connectivity index (χ1n) is 8.71. The number of H-pyrrole nitrogens is 1. The van der Waals surface area contributed by atoms with Crippen molar-refractivity contribution in [3.05, 3.63) is 65.9 Å². The van der Waals surface area contributed by atoms with E-state index in [9.17, 15) is 18.0 Å². The molecule has 0 bridgehead atoms. The highest BCUT2D eigenvalue weighted by Gasteiger charge is 2.31. The van der Waals surface area contributed by atoms with Crippen LogP contribution < -0.4 is 4.90 Å². The summed E-state index contributed by atoms with van der Waals surface area (Å²) < 4.78 is 38.7. The number of nitrogens with one attached hydrogen (secondary N) is 1. The number of amides is 1. The van der Waals surface area contributed by atoms with Gasteiger partial charge in [-0.05, 0) is 30.3 Å². The van der Waals surface area contributed by atoms with Gasteiger partial charge in [0.15, 0.2) is 0 Å². The minimum absolute atomic E-state index is 0.0881. The molecule has 0 radical (unpaired) electrons. The Bertz CT molecular complexity index is 939. The molecule has 2 aromatic carbocycles. The van der Waals surface area contributed by atoms with E-state index in [1.165, 1.54) is 6.07 Å². The first-order chi connectivity index (χ1) is 12.9.